The maximum Gasteiger partial charge on any atom is 0.0882 e. The average Bonchev–Trinajstić information content (AvgIpc) is 2.36. The van der Waals surface area contributed by atoms with Crippen molar-refractivity contribution in [1.82, 2.24) is 0 Å². The van der Waals surface area contributed by atoms with Crippen molar-refractivity contribution in [2.24, 2.45) is 11.3 Å². The van der Waals surface area contributed by atoms with Crippen molar-refractivity contribution in [1.29, 1.82) is 5.26 Å². The molecule has 0 aromatic rings. The summed E-state index contributed by atoms with van der Waals surface area (Å²) in [6.07, 6.45) is 6.58. The minimum absolute atomic E-state index is 0.159. The third-order valence-electron chi connectivity index (χ3n) is 5.07. The van der Waals surface area contributed by atoms with Gasteiger partial charge in [-0.2, -0.15) is 5.26 Å². The summed E-state index contributed by atoms with van der Waals surface area (Å²) < 4.78 is 5.54. The minimum Gasteiger partial charge on any atom is -0.388 e. The van der Waals surface area contributed by atoms with Crippen LogP contribution in [0.5, 0.6) is 0 Å². The molecule has 2 rings (SSSR count). The van der Waals surface area contributed by atoms with E-state index >= 15 is 0 Å². The van der Waals surface area contributed by atoms with Gasteiger partial charge in [-0.05, 0) is 25.7 Å². The Hall–Kier alpha value is -0.590. The highest BCUT2D eigenvalue weighted by atomic mass is 16.5. The van der Waals surface area contributed by atoms with E-state index in [2.05, 4.69) is 13.0 Å². The second-order valence-corrected chi connectivity index (χ2v) is 6.08. The first kappa shape index (κ1) is 13.8. The molecule has 2 aliphatic carbocycles. The number of hydrogen-bond donors (Lipinski definition) is 1. The van der Waals surface area contributed by atoms with E-state index in [0.717, 1.165) is 25.7 Å². The second kappa shape index (κ2) is 5.19. The molecule has 2 atom stereocenters. The quantitative estimate of drug-likeness (QED) is 0.835. The summed E-state index contributed by atoms with van der Waals surface area (Å²) in [7, 11) is 0. The second-order valence-electron chi connectivity index (χ2n) is 6.08. The van der Waals surface area contributed by atoms with Gasteiger partial charge < -0.3 is 9.84 Å². The van der Waals surface area contributed by atoms with E-state index in [1.807, 2.05) is 6.92 Å². The molecule has 0 amide bonds. The highest BCUT2D eigenvalue weighted by Crippen LogP contribution is 2.55. The fourth-order valence-corrected chi connectivity index (χ4v) is 3.80. The molecule has 0 heterocycles. The van der Waals surface area contributed by atoms with Gasteiger partial charge in [0.25, 0.3) is 0 Å². The summed E-state index contributed by atoms with van der Waals surface area (Å²) in [6.45, 7) is 4.86. The van der Waals surface area contributed by atoms with E-state index in [-0.39, 0.29) is 6.10 Å². The van der Waals surface area contributed by atoms with E-state index < -0.39 is 11.0 Å². The summed E-state index contributed by atoms with van der Waals surface area (Å²) in [5.41, 5.74) is -1.31. The first-order valence-corrected chi connectivity index (χ1v) is 7.34. The standard InChI is InChI=1S/C15H25NO2/c1-3-12-6-5-7-14(8-12,11-16)15(17)9-13(10-15)18-4-2/h12-13,17H,3-10H2,1-2H3. The lowest BCUT2D eigenvalue weighted by Crippen LogP contribution is -2.60. The van der Waals surface area contributed by atoms with Crippen molar-refractivity contribution >= 4 is 0 Å². The number of hydrogen-bond acceptors (Lipinski definition) is 3. The molecule has 2 unspecified atom stereocenters. The van der Waals surface area contributed by atoms with Gasteiger partial charge in [0, 0.05) is 19.4 Å². The van der Waals surface area contributed by atoms with E-state index in [0.29, 0.717) is 25.4 Å². The van der Waals surface area contributed by atoms with Gasteiger partial charge in [0.2, 0.25) is 0 Å². The van der Waals surface area contributed by atoms with Crippen molar-refractivity contribution in [3.63, 3.8) is 0 Å². The third-order valence-corrected chi connectivity index (χ3v) is 5.07. The normalized spacial score (nSPS) is 44.1. The highest BCUT2D eigenvalue weighted by Gasteiger charge is 2.59. The molecule has 0 bridgehead atoms. The molecule has 102 valence electrons. The monoisotopic (exact) mass is 251 g/mol. The van der Waals surface area contributed by atoms with Gasteiger partial charge in [-0.15, -0.1) is 0 Å². The number of ether oxygens (including phenoxy) is 1. The molecule has 0 aliphatic heterocycles. The first-order valence-electron chi connectivity index (χ1n) is 7.34. The molecule has 0 saturated heterocycles. The zero-order valence-electron chi connectivity index (χ0n) is 11.6. The zero-order valence-corrected chi connectivity index (χ0v) is 11.6. The zero-order chi connectivity index (χ0) is 13.2. The van der Waals surface area contributed by atoms with Gasteiger partial charge in [-0.25, -0.2) is 0 Å². The summed E-state index contributed by atoms with van der Waals surface area (Å²) in [6, 6.07) is 2.48. The topological polar surface area (TPSA) is 53.2 Å². The van der Waals surface area contributed by atoms with Crippen molar-refractivity contribution in [3.05, 3.63) is 0 Å². The Morgan fingerprint density at radius 1 is 1.33 bits per heavy atom. The molecule has 1 N–H and O–H groups in total. The molecule has 0 aromatic carbocycles. The van der Waals surface area contributed by atoms with E-state index in [1.54, 1.807) is 0 Å². The Morgan fingerprint density at radius 3 is 2.61 bits per heavy atom. The van der Waals surface area contributed by atoms with Crippen molar-refractivity contribution in [3.8, 4) is 6.07 Å². The predicted octanol–water partition coefficient (Wildman–Crippen LogP) is 3.03. The van der Waals surface area contributed by atoms with Crippen LogP contribution in [0.3, 0.4) is 0 Å². The van der Waals surface area contributed by atoms with Gasteiger partial charge >= 0.3 is 0 Å². The summed E-state index contributed by atoms with van der Waals surface area (Å²) in [5, 5.41) is 20.4. The van der Waals surface area contributed by atoms with Crippen LogP contribution in [-0.4, -0.2) is 23.4 Å². The van der Waals surface area contributed by atoms with Crippen LogP contribution >= 0.6 is 0 Å². The van der Waals surface area contributed by atoms with Crippen LogP contribution in [0.2, 0.25) is 0 Å². The SMILES string of the molecule is CCOC1CC(O)(C2(C#N)CCCC(CC)C2)C1. The maximum atomic E-state index is 10.8. The van der Waals surface area contributed by atoms with E-state index in [4.69, 9.17) is 4.74 Å². The first-order chi connectivity index (χ1) is 8.59. The molecule has 2 saturated carbocycles. The van der Waals surface area contributed by atoms with Crippen molar-refractivity contribution in [2.45, 2.75) is 70.5 Å². The summed E-state index contributed by atoms with van der Waals surface area (Å²) in [5.74, 6) is 0.605. The van der Waals surface area contributed by atoms with Crippen LogP contribution in [0.15, 0.2) is 0 Å². The van der Waals surface area contributed by atoms with Gasteiger partial charge in [-0.1, -0.05) is 26.2 Å². The van der Waals surface area contributed by atoms with E-state index in [1.165, 1.54) is 6.42 Å². The van der Waals surface area contributed by atoms with E-state index in [9.17, 15) is 10.4 Å². The van der Waals surface area contributed by atoms with Crippen molar-refractivity contribution in [2.75, 3.05) is 6.61 Å². The minimum atomic E-state index is -0.796. The number of nitrogens with zero attached hydrogens (tertiary/aromatic N) is 1. The fourth-order valence-electron chi connectivity index (χ4n) is 3.80. The Labute approximate surface area is 110 Å². The Bertz CT molecular complexity index is 330. The molecular formula is C15H25NO2. The van der Waals surface area contributed by atoms with Gasteiger partial charge in [0.1, 0.15) is 0 Å². The lowest BCUT2D eigenvalue weighted by atomic mass is 9.54. The Morgan fingerprint density at radius 2 is 2.06 bits per heavy atom. The third kappa shape index (κ3) is 2.17. The summed E-state index contributed by atoms with van der Waals surface area (Å²) >= 11 is 0. The van der Waals surface area contributed by atoms with Crippen LogP contribution in [0.1, 0.15) is 58.8 Å². The van der Waals surface area contributed by atoms with Gasteiger partial charge in [-0.3, -0.25) is 0 Å². The van der Waals surface area contributed by atoms with Crippen LogP contribution < -0.4 is 0 Å². The molecule has 2 fully saturated rings. The average molecular weight is 251 g/mol. The molecule has 18 heavy (non-hydrogen) atoms. The fraction of sp³-hybridized carbons (Fsp3) is 0.933. The molecular weight excluding hydrogens is 226 g/mol. The Kier molecular flexibility index (Phi) is 3.99. The lowest BCUT2D eigenvalue weighted by molar-refractivity contribution is -0.197. The van der Waals surface area contributed by atoms with Crippen molar-refractivity contribution < 1.29 is 9.84 Å². The largest absolute Gasteiger partial charge is 0.388 e. The molecule has 2 aliphatic rings. The summed E-state index contributed by atoms with van der Waals surface area (Å²) in [4.78, 5) is 0. The smallest absolute Gasteiger partial charge is 0.0882 e. The highest BCUT2D eigenvalue weighted by molar-refractivity contribution is 5.18. The molecule has 0 spiro atoms. The van der Waals surface area contributed by atoms with Gasteiger partial charge in [0.15, 0.2) is 0 Å². The van der Waals surface area contributed by atoms with Crippen LogP contribution in [0.25, 0.3) is 0 Å². The van der Waals surface area contributed by atoms with Crippen LogP contribution in [0, 0.1) is 22.7 Å². The van der Waals surface area contributed by atoms with Crippen LogP contribution in [-0.2, 0) is 4.74 Å². The molecule has 3 nitrogen and oxygen atoms in total. The molecule has 0 radical (unpaired) electrons. The Balaban J connectivity index is 2.07. The number of rotatable bonds is 4. The molecule has 3 heteroatoms. The van der Waals surface area contributed by atoms with Crippen LogP contribution in [0.4, 0.5) is 0 Å². The van der Waals surface area contributed by atoms with Gasteiger partial charge in [0.05, 0.1) is 23.2 Å². The lowest BCUT2D eigenvalue weighted by Gasteiger charge is -2.54. The predicted molar refractivity (Wildman–Crippen MR) is 69.9 cm³/mol. The molecule has 0 aromatic heterocycles. The number of aliphatic hydroxyl groups is 1. The maximum absolute atomic E-state index is 10.8. The number of nitriles is 1.